The second-order valence-electron chi connectivity index (χ2n) is 5.97. The number of thioether (sulfide) groups is 1. The lowest BCUT2D eigenvalue weighted by atomic mass is 10.2. The van der Waals surface area contributed by atoms with Gasteiger partial charge in [0.25, 0.3) is 16.0 Å². The molecule has 1 heterocycles. The molecule has 1 fully saturated rings. The molecule has 13 heteroatoms. The molecule has 2 aromatic carbocycles. The van der Waals surface area contributed by atoms with Crippen molar-refractivity contribution < 1.29 is 30.9 Å². The summed E-state index contributed by atoms with van der Waals surface area (Å²) in [5.74, 6) is -0.601. The Morgan fingerprint density at radius 3 is 2.37 bits per heavy atom. The fraction of sp³-hybridized carbons (Fsp3) is 0.118. The van der Waals surface area contributed by atoms with Crippen LogP contribution >= 0.6 is 36.2 Å². The number of carbonyl (C=O) groups excluding carboxylic acids is 1. The maximum Gasteiger partial charge on any atom is 0.416 e. The highest BCUT2D eigenvalue weighted by molar-refractivity contribution is 8.25. The lowest BCUT2D eigenvalue weighted by Gasteiger charge is -2.18. The van der Waals surface area contributed by atoms with E-state index in [1.807, 2.05) is 0 Å². The summed E-state index contributed by atoms with van der Waals surface area (Å²) in [5, 5.41) is 1.80. The molecular formula is C17H11F3N2O4S4. The topological polar surface area (TPSA) is 86.7 Å². The van der Waals surface area contributed by atoms with Gasteiger partial charge in [0, 0.05) is 5.69 Å². The number of hydrogen-bond donors (Lipinski definition) is 2. The Bertz CT molecular complexity index is 1130. The Kier molecular flexibility index (Phi) is 6.20. The molecule has 1 amide bonds. The average molecular weight is 493 g/mol. The van der Waals surface area contributed by atoms with Gasteiger partial charge in [0.2, 0.25) is 0 Å². The normalized spacial score (nSPS) is 17.3. The first-order chi connectivity index (χ1) is 13.9. The number of halogens is 3. The van der Waals surface area contributed by atoms with Crippen LogP contribution in [-0.4, -0.2) is 33.4 Å². The number of thiocarbonyl (C=S) groups is 2. The SMILES string of the molecule is O=C1C(C(=S)Nc2ccc(S(=O)(=O)O)cc2)SC(=S)N1c1cccc(C(F)(F)F)c1. The van der Waals surface area contributed by atoms with Gasteiger partial charge in [-0.25, -0.2) is 0 Å². The largest absolute Gasteiger partial charge is 0.416 e. The van der Waals surface area contributed by atoms with Crippen LogP contribution in [0.25, 0.3) is 0 Å². The van der Waals surface area contributed by atoms with Gasteiger partial charge < -0.3 is 5.32 Å². The summed E-state index contributed by atoms with van der Waals surface area (Å²) in [7, 11) is -4.35. The molecular weight excluding hydrogens is 481 g/mol. The maximum atomic E-state index is 13.0. The zero-order valence-corrected chi connectivity index (χ0v) is 17.8. The zero-order chi connectivity index (χ0) is 22.3. The molecule has 0 aromatic heterocycles. The minimum Gasteiger partial charge on any atom is -0.349 e. The summed E-state index contributed by atoms with van der Waals surface area (Å²) < 4.78 is 70.1. The Hall–Kier alpha value is -2.06. The van der Waals surface area contributed by atoms with Crippen LogP contribution < -0.4 is 10.2 Å². The van der Waals surface area contributed by atoms with E-state index < -0.39 is 33.0 Å². The third-order valence-electron chi connectivity index (χ3n) is 3.94. The quantitative estimate of drug-likeness (QED) is 0.487. The van der Waals surface area contributed by atoms with E-state index in [1.165, 1.54) is 24.3 Å². The summed E-state index contributed by atoms with van der Waals surface area (Å²) in [6.45, 7) is 0. The molecule has 0 bridgehead atoms. The third kappa shape index (κ3) is 4.81. The predicted octanol–water partition coefficient (Wildman–Crippen LogP) is 4.12. The highest BCUT2D eigenvalue weighted by Crippen LogP contribution is 2.36. The van der Waals surface area contributed by atoms with E-state index in [1.54, 1.807) is 0 Å². The highest BCUT2D eigenvalue weighted by atomic mass is 32.2. The van der Waals surface area contributed by atoms with Crippen molar-refractivity contribution in [2.24, 2.45) is 0 Å². The van der Waals surface area contributed by atoms with Crippen LogP contribution in [0.1, 0.15) is 5.56 Å². The van der Waals surface area contributed by atoms with Crippen molar-refractivity contribution in [3.63, 3.8) is 0 Å². The van der Waals surface area contributed by atoms with Crippen molar-refractivity contribution in [1.82, 2.24) is 0 Å². The van der Waals surface area contributed by atoms with E-state index in [0.29, 0.717) is 5.69 Å². The number of amides is 1. The van der Waals surface area contributed by atoms with Gasteiger partial charge in [0.15, 0.2) is 0 Å². The standard InChI is InChI=1S/C17H11F3N2O4S4/c18-17(19,20)9-2-1-3-11(8-9)22-15(23)13(29-16(22)28)14(27)21-10-4-6-12(7-5-10)30(24,25)26/h1-8,13H,(H,21,27)(H,24,25,26). The van der Waals surface area contributed by atoms with Crippen LogP contribution in [0.4, 0.5) is 24.5 Å². The van der Waals surface area contributed by atoms with Crippen LogP contribution in [0.15, 0.2) is 53.4 Å². The van der Waals surface area contributed by atoms with E-state index in [-0.39, 0.29) is 19.9 Å². The van der Waals surface area contributed by atoms with Gasteiger partial charge in [-0.1, -0.05) is 42.3 Å². The summed E-state index contributed by atoms with van der Waals surface area (Å²) in [4.78, 5) is 13.5. The van der Waals surface area contributed by atoms with Crippen molar-refractivity contribution in [2.45, 2.75) is 16.3 Å². The van der Waals surface area contributed by atoms with Gasteiger partial charge >= 0.3 is 6.18 Å². The Morgan fingerprint density at radius 2 is 1.80 bits per heavy atom. The summed E-state index contributed by atoms with van der Waals surface area (Å²) in [5.41, 5.74) is -0.581. The molecule has 0 saturated carbocycles. The summed E-state index contributed by atoms with van der Waals surface area (Å²) >= 11 is 11.3. The van der Waals surface area contributed by atoms with Gasteiger partial charge in [-0.3, -0.25) is 14.2 Å². The minimum atomic E-state index is -4.57. The van der Waals surface area contributed by atoms with Crippen molar-refractivity contribution in [3.8, 4) is 0 Å². The van der Waals surface area contributed by atoms with Crippen LogP contribution in [-0.2, 0) is 21.1 Å². The van der Waals surface area contributed by atoms with E-state index in [4.69, 9.17) is 29.0 Å². The molecule has 1 unspecified atom stereocenters. The Balaban J connectivity index is 1.78. The van der Waals surface area contributed by atoms with Crippen LogP contribution in [0, 0.1) is 0 Å². The maximum absolute atomic E-state index is 13.0. The second-order valence-corrected chi connectivity index (χ2v) is 9.57. The molecule has 1 atom stereocenters. The molecule has 6 nitrogen and oxygen atoms in total. The van der Waals surface area contributed by atoms with Crippen molar-refractivity contribution >= 4 is 72.9 Å². The lowest BCUT2D eigenvalue weighted by molar-refractivity contribution is -0.137. The Morgan fingerprint density at radius 1 is 1.17 bits per heavy atom. The first kappa shape index (κ1) is 22.6. The zero-order valence-electron chi connectivity index (χ0n) is 14.6. The molecule has 1 saturated heterocycles. The van der Waals surface area contributed by atoms with Crippen LogP contribution in [0.2, 0.25) is 0 Å². The molecule has 30 heavy (non-hydrogen) atoms. The van der Waals surface area contributed by atoms with Gasteiger partial charge in [0.1, 0.15) is 14.6 Å². The van der Waals surface area contributed by atoms with Crippen molar-refractivity contribution in [2.75, 3.05) is 10.2 Å². The number of hydrogen-bond acceptors (Lipinski definition) is 6. The molecule has 158 valence electrons. The average Bonchev–Trinajstić information content (AvgIpc) is 2.95. The number of carbonyl (C=O) groups is 1. The Labute approximate surface area is 184 Å². The molecule has 2 N–H and O–H groups in total. The van der Waals surface area contributed by atoms with Gasteiger partial charge in [0.05, 0.1) is 16.1 Å². The number of nitrogens with zero attached hydrogens (tertiary/aromatic N) is 1. The van der Waals surface area contributed by atoms with Gasteiger partial charge in [-0.2, -0.15) is 21.6 Å². The van der Waals surface area contributed by atoms with Gasteiger partial charge in [-0.15, -0.1) is 0 Å². The van der Waals surface area contributed by atoms with Crippen LogP contribution in [0.3, 0.4) is 0 Å². The number of benzene rings is 2. The third-order valence-corrected chi connectivity index (χ3v) is 6.82. The molecule has 2 aromatic rings. The highest BCUT2D eigenvalue weighted by Gasteiger charge is 2.41. The van der Waals surface area contributed by atoms with E-state index in [2.05, 4.69) is 5.32 Å². The predicted molar refractivity (Wildman–Crippen MR) is 115 cm³/mol. The first-order valence-electron chi connectivity index (χ1n) is 7.98. The number of alkyl halides is 3. The first-order valence-corrected chi connectivity index (χ1v) is 11.1. The number of rotatable bonds is 4. The summed E-state index contributed by atoms with van der Waals surface area (Å²) in [6.07, 6.45) is -4.57. The lowest BCUT2D eigenvalue weighted by Crippen LogP contribution is -2.36. The molecule has 0 spiro atoms. The molecule has 1 aliphatic heterocycles. The smallest absolute Gasteiger partial charge is 0.349 e. The molecule has 0 radical (unpaired) electrons. The van der Waals surface area contributed by atoms with E-state index in [0.717, 1.165) is 40.9 Å². The van der Waals surface area contributed by atoms with Gasteiger partial charge in [-0.05, 0) is 42.5 Å². The number of nitrogens with one attached hydrogen (secondary N) is 1. The molecule has 0 aliphatic carbocycles. The van der Waals surface area contributed by atoms with Crippen LogP contribution in [0.5, 0.6) is 0 Å². The fourth-order valence-corrected chi connectivity index (χ4v) is 4.75. The summed E-state index contributed by atoms with van der Waals surface area (Å²) in [6, 6.07) is 9.20. The molecule has 3 rings (SSSR count). The fourth-order valence-electron chi connectivity index (χ4n) is 2.55. The van der Waals surface area contributed by atoms with Crippen molar-refractivity contribution in [1.29, 1.82) is 0 Å². The monoisotopic (exact) mass is 492 g/mol. The van der Waals surface area contributed by atoms with E-state index in [9.17, 15) is 26.4 Å². The van der Waals surface area contributed by atoms with Crippen molar-refractivity contribution in [3.05, 3.63) is 54.1 Å². The minimum absolute atomic E-state index is 0.0184. The molecule has 1 aliphatic rings. The van der Waals surface area contributed by atoms with E-state index >= 15 is 0 Å². The number of anilines is 2. The second kappa shape index (κ2) is 8.23.